The average molecular weight is 299 g/mol. The fourth-order valence-electron chi connectivity index (χ4n) is 1.83. The lowest BCUT2D eigenvalue weighted by atomic mass is 10.1. The molecule has 2 N–H and O–H groups in total. The predicted molar refractivity (Wildman–Crippen MR) is 69.8 cm³/mol. The van der Waals surface area contributed by atoms with Crippen molar-refractivity contribution in [3.05, 3.63) is 0 Å². The van der Waals surface area contributed by atoms with Gasteiger partial charge >= 0.3 is 0 Å². The minimum atomic E-state index is -3.50. The van der Waals surface area contributed by atoms with Gasteiger partial charge in [0.25, 0.3) is 10.2 Å². The first kappa shape index (κ1) is 15.8. The van der Waals surface area contributed by atoms with Gasteiger partial charge in [0.05, 0.1) is 6.26 Å². The molecule has 0 spiro atoms. The highest BCUT2D eigenvalue weighted by atomic mass is 32.2. The lowest BCUT2D eigenvalue weighted by Gasteiger charge is -2.26. The van der Waals surface area contributed by atoms with Crippen LogP contribution in [0.25, 0.3) is 0 Å². The van der Waals surface area contributed by atoms with E-state index in [0.717, 1.165) is 19.1 Å². The minimum absolute atomic E-state index is 0.0128. The zero-order valence-corrected chi connectivity index (χ0v) is 12.6. The standard InChI is InChI=1S/C9H21N3O4S2/c1-9(2,11-17(3,13)14)8-10-18(15,16)12-6-4-5-7-12/h10-11H,4-8H2,1-3H3. The zero-order valence-electron chi connectivity index (χ0n) is 10.9. The largest absolute Gasteiger partial charge is 0.279 e. The number of sulfonamides is 1. The molecule has 108 valence electrons. The lowest BCUT2D eigenvalue weighted by Crippen LogP contribution is -2.53. The Kier molecular flexibility index (Phi) is 4.76. The SMILES string of the molecule is CC(C)(CNS(=O)(=O)N1CCCC1)NS(C)(=O)=O. The number of nitrogens with zero attached hydrogens (tertiary/aromatic N) is 1. The molecule has 18 heavy (non-hydrogen) atoms. The molecule has 0 aliphatic carbocycles. The molecule has 1 fully saturated rings. The van der Waals surface area contributed by atoms with Gasteiger partial charge in [-0.1, -0.05) is 0 Å². The van der Waals surface area contributed by atoms with E-state index in [-0.39, 0.29) is 6.54 Å². The molecule has 0 radical (unpaired) electrons. The van der Waals surface area contributed by atoms with E-state index < -0.39 is 25.8 Å². The highest BCUT2D eigenvalue weighted by Crippen LogP contribution is 2.12. The highest BCUT2D eigenvalue weighted by molar-refractivity contribution is 7.88. The van der Waals surface area contributed by atoms with E-state index in [0.29, 0.717) is 13.1 Å². The molecule has 7 nitrogen and oxygen atoms in total. The van der Waals surface area contributed by atoms with Crippen molar-refractivity contribution in [2.45, 2.75) is 32.2 Å². The fourth-order valence-corrected chi connectivity index (χ4v) is 4.37. The number of hydrogen-bond acceptors (Lipinski definition) is 4. The second-order valence-electron chi connectivity index (χ2n) is 5.19. The number of rotatable bonds is 6. The molecule has 0 atom stereocenters. The third kappa shape index (κ3) is 5.19. The summed E-state index contributed by atoms with van der Waals surface area (Å²) in [4.78, 5) is 0. The number of hydrogen-bond donors (Lipinski definition) is 2. The van der Waals surface area contributed by atoms with Crippen molar-refractivity contribution >= 4 is 20.2 Å². The molecule has 0 saturated carbocycles. The maximum Gasteiger partial charge on any atom is 0.279 e. The van der Waals surface area contributed by atoms with Crippen LogP contribution >= 0.6 is 0 Å². The van der Waals surface area contributed by atoms with Gasteiger partial charge in [-0.15, -0.1) is 0 Å². The maximum absolute atomic E-state index is 11.9. The van der Waals surface area contributed by atoms with Crippen molar-refractivity contribution < 1.29 is 16.8 Å². The molecule has 1 rings (SSSR count). The van der Waals surface area contributed by atoms with Crippen LogP contribution in [0.1, 0.15) is 26.7 Å². The van der Waals surface area contributed by atoms with Gasteiger partial charge in [0.1, 0.15) is 0 Å². The van der Waals surface area contributed by atoms with E-state index in [1.165, 1.54) is 4.31 Å². The Labute approximate surface area is 109 Å². The van der Waals surface area contributed by atoms with Crippen molar-refractivity contribution in [3.63, 3.8) is 0 Å². The molecule has 0 unspecified atom stereocenters. The Bertz CT molecular complexity index is 478. The normalized spacial score (nSPS) is 19.3. The van der Waals surface area contributed by atoms with Gasteiger partial charge in [0.15, 0.2) is 0 Å². The van der Waals surface area contributed by atoms with Gasteiger partial charge < -0.3 is 0 Å². The van der Waals surface area contributed by atoms with E-state index in [1.807, 2.05) is 0 Å². The van der Waals surface area contributed by atoms with Gasteiger partial charge in [-0.2, -0.15) is 12.7 Å². The predicted octanol–water partition coefficient (Wildman–Crippen LogP) is -0.756. The Hall–Kier alpha value is -0.220. The van der Waals surface area contributed by atoms with Crippen molar-refractivity contribution in [1.29, 1.82) is 0 Å². The fraction of sp³-hybridized carbons (Fsp3) is 1.00. The van der Waals surface area contributed by atoms with Crippen LogP contribution in [0.15, 0.2) is 0 Å². The molecule has 0 bridgehead atoms. The van der Waals surface area contributed by atoms with Gasteiger partial charge in [-0.25, -0.2) is 17.9 Å². The molecular weight excluding hydrogens is 278 g/mol. The number of nitrogens with one attached hydrogen (secondary N) is 2. The third-order valence-electron chi connectivity index (χ3n) is 2.56. The summed E-state index contributed by atoms with van der Waals surface area (Å²) < 4.78 is 52.2. The summed E-state index contributed by atoms with van der Waals surface area (Å²) in [5.74, 6) is 0. The first-order valence-corrected chi connectivity index (χ1v) is 9.09. The van der Waals surface area contributed by atoms with E-state index in [9.17, 15) is 16.8 Å². The zero-order chi connectivity index (χ0) is 14.0. The summed E-state index contributed by atoms with van der Waals surface area (Å²) in [6.45, 7) is 4.31. The molecule has 0 aromatic carbocycles. The molecule has 1 saturated heterocycles. The van der Waals surface area contributed by atoms with E-state index in [2.05, 4.69) is 9.44 Å². The van der Waals surface area contributed by atoms with Crippen molar-refractivity contribution in [2.24, 2.45) is 0 Å². The average Bonchev–Trinajstić information content (AvgIpc) is 2.64. The molecule has 0 amide bonds. The molecule has 0 aromatic rings. The van der Waals surface area contributed by atoms with E-state index in [1.54, 1.807) is 13.8 Å². The van der Waals surface area contributed by atoms with Crippen LogP contribution in [0.4, 0.5) is 0 Å². The van der Waals surface area contributed by atoms with Crippen LogP contribution in [0.2, 0.25) is 0 Å². The van der Waals surface area contributed by atoms with Gasteiger partial charge in [-0.05, 0) is 26.7 Å². The molecule has 1 heterocycles. The van der Waals surface area contributed by atoms with E-state index in [4.69, 9.17) is 0 Å². The van der Waals surface area contributed by atoms with Crippen LogP contribution < -0.4 is 9.44 Å². The third-order valence-corrected chi connectivity index (χ3v) is 5.04. The second kappa shape index (κ2) is 5.41. The van der Waals surface area contributed by atoms with Crippen molar-refractivity contribution in [2.75, 3.05) is 25.9 Å². The highest BCUT2D eigenvalue weighted by Gasteiger charge is 2.29. The van der Waals surface area contributed by atoms with Gasteiger partial charge in [0, 0.05) is 25.2 Å². The monoisotopic (exact) mass is 299 g/mol. The van der Waals surface area contributed by atoms with E-state index >= 15 is 0 Å². The molecule has 1 aliphatic heterocycles. The summed E-state index contributed by atoms with van der Waals surface area (Å²) in [5, 5.41) is 0. The quantitative estimate of drug-likeness (QED) is 0.674. The maximum atomic E-state index is 11.9. The van der Waals surface area contributed by atoms with Gasteiger partial charge in [-0.3, -0.25) is 0 Å². The Balaban J connectivity index is 2.58. The van der Waals surface area contributed by atoms with Crippen molar-refractivity contribution in [1.82, 2.24) is 13.7 Å². The summed E-state index contributed by atoms with van der Waals surface area (Å²) in [6, 6.07) is 0. The lowest BCUT2D eigenvalue weighted by molar-refractivity contribution is 0.423. The smallest absolute Gasteiger partial charge is 0.213 e. The minimum Gasteiger partial charge on any atom is -0.213 e. The first-order chi connectivity index (χ1) is 8.02. The van der Waals surface area contributed by atoms with Crippen LogP contribution in [-0.2, 0) is 20.2 Å². The molecule has 0 aromatic heterocycles. The molecule has 9 heteroatoms. The Morgan fingerprint density at radius 3 is 2.06 bits per heavy atom. The Morgan fingerprint density at radius 2 is 1.61 bits per heavy atom. The summed E-state index contributed by atoms with van der Waals surface area (Å²) in [7, 11) is -6.87. The van der Waals surface area contributed by atoms with Gasteiger partial charge in [0.2, 0.25) is 10.0 Å². The first-order valence-electron chi connectivity index (χ1n) is 5.76. The molecular formula is C9H21N3O4S2. The topological polar surface area (TPSA) is 95.6 Å². The van der Waals surface area contributed by atoms with Crippen LogP contribution in [0.5, 0.6) is 0 Å². The molecule has 1 aliphatic rings. The Morgan fingerprint density at radius 1 is 1.11 bits per heavy atom. The summed E-state index contributed by atoms with van der Waals surface area (Å²) in [6.07, 6.45) is 2.78. The summed E-state index contributed by atoms with van der Waals surface area (Å²) in [5.41, 5.74) is -0.861. The second-order valence-corrected chi connectivity index (χ2v) is 8.69. The van der Waals surface area contributed by atoms with Crippen molar-refractivity contribution in [3.8, 4) is 0 Å². The van der Waals surface area contributed by atoms with Crippen LogP contribution in [0.3, 0.4) is 0 Å². The van der Waals surface area contributed by atoms with Crippen LogP contribution in [0, 0.1) is 0 Å². The van der Waals surface area contributed by atoms with Crippen LogP contribution in [-0.4, -0.2) is 52.6 Å². The summed E-state index contributed by atoms with van der Waals surface area (Å²) >= 11 is 0.